The molecule has 0 aliphatic carbocycles. The summed E-state index contributed by atoms with van der Waals surface area (Å²) in [6, 6.07) is 5.32. The van der Waals surface area contributed by atoms with Gasteiger partial charge in [-0.25, -0.2) is 4.79 Å². The minimum atomic E-state index is -0.905. The van der Waals surface area contributed by atoms with Crippen LogP contribution in [-0.2, 0) is 14.3 Å². The summed E-state index contributed by atoms with van der Waals surface area (Å²) in [7, 11) is 0. The molecule has 0 heterocycles. The molecular weight excluding hydrogens is 454 g/mol. The van der Waals surface area contributed by atoms with Crippen LogP contribution in [0, 0.1) is 18.3 Å². The average Bonchev–Trinajstić information content (AvgIpc) is 2.79. The van der Waals surface area contributed by atoms with Crippen molar-refractivity contribution < 1.29 is 19.1 Å². The van der Waals surface area contributed by atoms with Gasteiger partial charge in [-0.2, -0.15) is 0 Å². The number of hydrogen-bond donors (Lipinski definition) is 2. The fourth-order valence-electron chi connectivity index (χ4n) is 3.71. The van der Waals surface area contributed by atoms with Gasteiger partial charge < -0.3 is 20.3 Å². The number of ether oxygens (including phenoxy) is 1. The molecule has 2 unspecified atom stereocenters. The molecule has 0 fully saturated rings. The normalized spacial score (nSPS) is 13.4. The molecular formula is C29H45N3O4. The average molecular weight is 500 g/mol. The Bertz CT molecular complexity index is 923. The highest BCUT2D eigenvalue weighted by atomic mass is 16.6. The van der Waals surface area contributed by atoms with Gasteiger partial charge in [-0.05, 0) is 71.1 Å². The Hall–Kier alpha value is -3.01. The molecule has 3 amide bonds. The number of rotatable bonds is 11. The molecule has 0 bridgehead atoms. The number of nitrogens with zero attached hydrogens (tertiary/aromatic N) is 1. The van der Waals surface area contributed by atoms with Crippen molar-refractivity contribution >= 4 is 17.9 Å². The molecule has 0 spiro atoms. The predicted molar refractivity (Wildman–Crippen MR) is 144 cm³/mol. The van der Waals surface area contributed by atoms with Crippen LogP contribution in [0.1, 0.15) is 98.7 Å². The number of hydrogen-bond acceptors (Lipinski definition) is 4. The Morgan fingerprint density at radius 1 is 1.06 bits per heavy atom. The zero-order valence-electron chi connectivity index (χ0n) is 23.5. The van der Waals surface area contributed by atoms with E-state index in [1.54, 1.807) is 49.9 Å². The summed E-state index contributed by atoms with van der Waals surface area (Å²) in [6.45, 7) is 17.4. The molecule has 1 aromatic rings. The third-order valence-electron chi connectivity index (χ3n) is 6.09. The smallest absolute Gasteiger partial charge is 0.408 e. The lowest BCUT2D eigenvalue weighted by molar-refractivity contribution is -0.150. The SMILES string of the molecule is C#Cc1ccc(C(C(=O)NCCCC)N(C(=O)C(NC(=O)OC(C)(C)C)C(C)C)C(C)(C)CC)cc1. The van der Waals surface area contributed by atoms with Gasteiger partial charge in [0.1, 0.15) is 17.7 Å². The van der Waals surface area contributed by atoms with E-state index in [0.29, 0.717) is 24.1 Å². The Morgan fingerprint density at radius 3 is 2.08 bits per heavy atom. The summed E-state index contributed by atoms with van der Waals surface area (Å²) in [5.74, 6) is 1.73. The largest absolute Gasteiger partial charge is 0.444 e. The zero-order chi connectivity index (χ0) is 27.7. The number of carbonyl (C=O) groups excluding carboxylic acids is 3. The van der Waals surface area contributed by atoms with Crippen LogP contribution in [0.5, 0.6) is 0 Å². The van der Waals surface area contributed by atoms with E-state index in [1.807, 2.05) is 41.5 Å². The van der Waals surface area contributed by atoms with Crippen LogP contribution in [0.4, 0.5) is 4.79 Å². The number of amides is 3. The lowest BCUT2D eigenvalue weighted by atomic mass is 9.90. The second-order valence-electron chi connectivity index (χ2n) is 11.1. The van der Waals surface area contributed by atoms with Gasteiger partial charge in [0.25, 0.3) is 0 Å². The maximum absolute atomic E-state index is 14.2. The molecule has 0 radical (unpaired) electrons. The van der Waals surface area contributed by atoms with Crippen LogP contribution >= 0.6 is 0 Å². The van der Waals surface area contributed by atoms with Gasteiger partial charge in [0.2, 0.25) is 11.8 Å². The van der Waals surface area contributed by atoms with Crippen molar-refractivity contribution in [3.8, 4) is 12.3 Å². The van der Waals surface area contributed by atoms with E-state index in [4.69, 9.17) is 11.2 Å². The number of alkyl carbamates (subject to hydrolysis) is 1. The van der Waals surface area contributed by atoms with Gasteiger partial charge in [-0.15, -0.1) is 6.42 Å². The van der Waals surface area contributed by atoms with Gasteiger partial charge in [0, 0.05) is 17.6 Å². The van der Waals surface area contributed by atoms with Crippen molar-refractivity contribution in [2.45, 2.75) is 105 Å². The Balaban J connectivity index is 3.59. The number of unbranched alkanes of at least 4 members (excludes halogenated alkanes) is 1. The molecule has 0 saturated carbocycles. The predicted octanol–water partition coefficient (Wildman–Crippen LogP) is 5.19. The van der Waals surface area contributed by atoms with Crippen molar-refractivity contribution in [2.24, 2.45) is 5.92 Å². The number of benzene rings is 1. The highest BCUT2D eigenvalue weighted by Gasteiger charge is 2.43. The third-order valence-corrected chi connectivity index (χ3v) is 6.09. The first-order valence-corrected chi connectivity index (χ1v) is 12.9. The summed E-state index contributed by atoms with van der Waals surface area (Å²) in [5.41, 5.74) is -0.0738. The molecule has 2 atom stereocenters. The molecule has 0 saturated heterocycles. The molecule has 1 rings (SSSR count). The van der Waals surface area contributed by atoms with E-state index in [-0.39, 0.29) is 17.7 Å². The molecule has 0 aromatic heterocycles. The number of nitrogens with one attached hydrogen (secondary N) is 2. The summed E-state index contributed by atoms with van der Waals surface area (Å²) < 4.78 is 5.42. The van der Waals surface area contributed by atoms with Crippen molar-refractivity contribution in [2.75, 3.05) is 6.54 Å². The van der Waals surface area contributed by atoms with Gasteiger partial charge in [0.05, 0.1) is 0 Å². The van der Waals surface area contributed by atoms with Gasteiger partial charge in [0.15, 0.2) is 0 Å². The van der Waals surface area contributed by atoms with Gasteiger partial charge >= 0.3 is 6.09 Å². The molecule has 200 valence electrons. The minimum Gasteiger partial charge on any atom is -0.444 e. The van der Waals surface area contributed by atoms with E-state index >= 15 is 0 Å². The topological polar surface area (TPSA) is 87.7 Å². The lowest BCUT2D eigenvalue weighted by Crippen LogP contribution is -2.60. The lowest BCUT2D eigenvalue weighted by Gasteiger charge is -2.45. The highest BCUT2D eigenvalue weighted by Crippen LogP contribution is 2.33. The highest BCUT2D eigenvalue weighted by molar-refractivity contribution is 5.92. The van der Waals surface area contributed by atoms with Crippen molar-refractivity contribution in [1.82, 2.24) is 15.5 Å². The number of terminal acetylenes is 1. The molecule has 1 aromatic carbocycles. The van der Waals surface area contributed by atoms with E-state index in [9.17, 15) is 14.4 Å². The molecule has 2 N–H and O–H groups in total. The van der Waals surface area contributed by atoms with Crippen molar-refractivity contribution in [3.05, 3.63) is 35.4 Å². The van der Waals surface area contributed by atoms with Crippen molar-refractivity contribution in [3.63, 3.8) is 0 Å². The Kier molecular flexibility index (Phi) is 11.5. The van der Waals surface area contributed by atoms with Crippen LogP contribution in [-0.4, -0.2) is 46.5 Å². The second kappa shape index (κ2) is 13.3. The fraction of sp³-hybridized carbons (Fsp3) is 0.621. The summed E-state index contributed by atoms with van der Waals surface area (Å²) in [4.78, 5) is 42.1. The van der Waals surface area contributed by atoms with Crippen LogP contribution in [0.15, 0.2) is 24.3 Å². The zero-order valence-corrected chi connectivity index (χ0v) is 23.5. The van der Waals surface area contributed by atoms with Gasteiger partial charge in [-0.3, -0.25) is 9.59 Å². The van der Waals surface area contributed by atoms with Crippen LogP contribution in [0.2, 0.25) is 0 Å². The van der Waals surface area contributed by atoms with Gasteiger partial charge in [-0.1, -0.05) is 52.2 Å². The number of carbonyl (C=O) groups is 3. The maximum Gasteiger partial charge on any atom is 0.408 e. The summed E-state index contributed by atoms with van der Waals surface area (Å²) in [6.07, 6.45) is 7.21. The monoisotopic (exact) mass is 499 g/mol. The Morgan fingerprint density at radius 2 is 1.64 bits per heavy atom. The first-order valence-electron chi connectivity index (χ1n) is 12.9. The third kappa shape index (κ3) is 8.89. The van der Waals surface area contributed by atoms with Crippen LogP contribution in [0.3, 0.4) is 0 Å². The van der Waals surface area contributed by atoms with Crippen LogP contribution < -0.4 is 10.6 Å². The summed E-state index contributed by atoms with van der Waals surface area (Å²) in [5, 5.41) is 5.75. The first kappa shape index (κ1) is 31.0. The fourth-order valence-corrected chi connectivity index (χ4v) is 3.71. The maximum atomic E-state index is 14.2. The molecule has 0 aliphatic rings. The van der Waals surface area contributed by atoms with E-state index in [2.05, 4.69) is 16.6 Å². The minimum absolute atomic E-state index is 0.243. The molecule has 0 aliphatic heterocycles. The van der Waals surface area contributed by atoms with E-state index in [1.165, 1.54) is 0 Å². The molecule has 7 nitrogen and oxygen atoms in total. The standard InChI is InChI=1S/C29H45N3O4/c1-11-14-19-30-25(33)24(22-17-15-21(12-2)16-18-22)32(29(9,10)13-3)26(34)23(20(4)5)31-27(35)36-28(6,7)8/h2,15-18,20,23-24H,11,13-14,19H2,1,3-10H3,(H,30,33)(H,31,35). The van der Waals surface area contributed by atoms with Crippen LogP contribution in [0.25, 0.3) is 0 Å². The Labute approximate surface area is 217 Å². The molecule has 7 heteroatoms. The summed E-state index contributed by atoms with van der Waals surface area (Å²) >= 11 is 0. The van der Waals surface area contributed by atoms with E-state index in [0.717, 1.165) is 12.8 Å². The van der Waals surface area contributed by atoms with Crippen molar-refractivity contribution in [1.29, 1.82) is 0 Å². The second-order valence-corrected chi connectivity index (χ2v) is 11.1. The quantitative estimate of drug-likeness (QED) is 0.324. The first-order chi connectivity index (χ1) is 16.7. The van der Waals surface area contributed by atoms with E-state index < -0.39 is 29.3 Å². The molecule has 36 heavy (non-hydrogen) atoms.